The van der Waals surface area contributed by atoms with Crippen LogP contribution in [0.1, 0.15) is 5.56 Å². The maximum absolute atomic E-state index is 10.4. The first-order valence-electron chi connectivity index (χ1n) is 6.51. The van der Waals surface area contributed by atoms with Gasteiger partial charge in [-0.25, -0.2) is 4.98 Å². The maximum Gasteiger partial charge on any atom is 0.223 e. The molecule has 0 unspecified atom stereocenters. The van der Waals surface area contributed by atoms with Gasteiger partial charge in [-0.1, -0.05) is 12.1 Å². The highest BCUT2D eigenvalue weighted by Gasteiger charge is 2.13. The lowest BCUT2D eigenvalue weighted by Gasteiger charge is -2.04. The van der Waals surface area contributed by atoms with Crippen molar-refractivity contribution >= 4 is 11.8 Å². The summed E-state index contributed by atoms with van der Waals surface area (Å²) in [6.45, 7) is 0. The minimum atomic E-state index is 0.0223. The molecule has 0 radical (unpaired) electrons. The van der Waals surface area contributed by atoms with E-state index in [1.807, 2.05) is 12.3 Å². The molecule has 0 bridgehead atoms. The topological polar surface area (TPSA) is 74.7 Å². The fourth-order valence-corrected chi connectivity index (χ4v) is 2.42. The van der Waals surface area contributed by atoms with E-state index >= 15 is 0 Å². The number of pyridine rings is 1. The van der Waals surface area contributed by atoms with Gasteiger partial charge in [-0.05, 0) is 36.1 Å². The molecule has 108 valence electrons. The summed E-state index contributed by atoms with van der Waals surface area (Å²) in [6.07, 6.45) is 5.30. The lowest BCUT2D eigenvalue weighted by Crippen LogP contribution is -1.98. The third kappa shape index (κ3) is 2.54. The molecular formula is C16H12N4OS. The average Bonchev–Trinajstić information content (AvgIpc) is 2.96. The zero-order valence-corrected chi connectivity index (χ0v) is 12.6. The minimum Gasteiger partial charge on any atom is -0.493 e. The van der Waals surface area contributed by atoms with Gasteiger partial charge in [-0.15, -0.1) is 11.8 Å². The van der Waals surface area contributed by atoms with Crippen LogP contribution in [0, 0.1) is 11.3 Å². The van der Waals surface area contributed by atoms with Crippen molar-refractivity contribution in [1.82, 2.24) is 14.8 Å². The Morgan fingerprint density at radius 1 is 1.14 bits per heavy atom. The van der Waals surface area contributed by atoms with Crippen molar-refractivity contribution in [2.24, 2.45) is 0 Å². The van der Waals surface area contributed by atoms with Gasteiger partial charge in [0, 0.05) is 11.1 Å². The van der Waals surface area contributed by atoms with Gasteiger partial charge in [0.2, 0.25) is 5.88 Å². The van der Waals surface area contributed by atoms with Crippen LogP contribution < -0.4 is 0 Å². The van der Waals surface area contributed by atoms with E-state index < -0.39 is 0 Å². The monoisotopic (exact) mass is 308 g/mol. The summed E-state index contributed by atoms with van der Waals surface area (Å²) in [5.41, 5.74) is 1.97. The summed E-state index contributed by atoms with van der Waals surface area (Å²) in [7, 11) is 0. The normalized spacial score (nSPS) is 10.4. The van der Waals surface area contributed by atoms with Gasteiger partial charge in [0.25, 0.3) is 0 Å². The lowest BCUT2D eigenvalue weighted by molar-refractivity contribution is 0.433. The fourth-order valence-electron chi connectivity index (χ4n) is 2.06. The summed E-state index contributed by atoms with van der Waals surface area (Å²) in [5, 5.41) is 23.4. The van der Waals surface area contributed by atoms with Crippen LogP contribution in [0.4, 0.5) is 0 Å². The second-order valence-corrected chi connectivity index (χ2v) is 5.42. The highest BCUT2D eigenvalue weighted by Crippen LogP contribution is 2.30. The Labute approximate surface area is 131 Å². The fraction of sp³-hybridized carbons (Fsp3) is 0.0625. The van der Waals surface area contributed by atoms with Crippen LogP contribution >= 0.6 is 11.8 Å². The highest BCUT2D eigenvalue weighted by molar-refractivity contribution is 7.98. The molecule has 1 N–H and O–H groups in total. The van der Waals surface area contributed by atoms with E-state index in [2.05, 4.69) is 16.2 Å². The molecule has 5 nitrogen and oxygen atoms in total. The summed E-state index contributed by atoms with van der Waals surface area (Å²) in [5.74, 6) is 0.573. The Morgan fingerprint density at radius 2 is 1.91 bits per heavy atom. The third-order valence-electron chi connectivity index (χ3n) is 3.24. The second-order valence-electron chi connectivity index (χ2n) is 4.54. The largest absolute Gasteiger partial charge is 0.493 e. The van der Waals surface area contributed by atoms with E-state index in [0.29, 0.717) is 16.9 Å². The number of hydrogen-bond donors (Lipinski definition) is 1. The first kappa shape index (κ1) is 14.2. The van der Waals surface area contributed by atoms with Crippen LogP contribution in [0.15, 0.2) is 53.7 Å². The van der Waals surface area contributed by atoms with Gasteiger partial charge in [0.05, 0.1) is 23.4 Å². The molecule has 0 spiro atoms. The number of aromatic nitrogens is 3. The number of thioether (sulfide) groups is 1. The van der Waals surface area contributed by atoms with Crippen LogP contribution in [-0.2, 0) is 0 Å². The van der Waals surface area contributed by atoms with Crippen LogP contribution in [0.2, 0.25) is 0 Å². The highest BCUT2D eigenvalue weighted by atomic mass is 32.2. The van der Waals surface area contributed by atoms with Crippen molar-refractivity contribution in [3.8, 4) is 28.9 Å². The van der Waals surface area contributed by atoms with E-state index in [1.165, 1.54) is 4.68 Å². The molecule has 0 atom stereocenters. The number of rotatable bonds is 3. The number of hydrogen-bond acceptors (Lipinski definition) is 5. The molecule has 2 heterocycles. The lowest BCUT2D eigenvalue weighted by atomic mass is 10.1. The van der Waals surface area contributed by atoms with Crippen LogP contribution in [0.25, 0.3) is 16.9 Å². The smallest absolute Gasteiger partial charge is 0.223 e. The minimum absolute atomic E-state index is 0.0223. The molecule has 0 aliphatic rings. The van der Waals surface area contributed by atoms with Gasteiger partial charge < -0.3 is 5.11 Å². The first-order chi connectivity index (χ1) is 10.7. The molecule has 3 rings (SSSR count). The third-order valence-corrected chi connectivity index (χ3v) is 3.96. The molecule has 0 aliphatic carbocycles. The Bertz CT molecular complexity index is 832. The second kappa shape index (κ2) is 5.92. The van der Waals surface area contributed by atoms with Crippen LogP contribution in [0.5, 0.6) is 5.88 Å². The number of nitriles is 1. The van der Waals surface area contributed by atoms with Crippen molar-refractivity contribution < 1.29 is 5.11 Å². The Kier molecular flexibility index (Phi) is 3.81. The van der Waals surface area contributed by atoms with Crippen LogP contribution in [0.3, 0.4) is 0 Å². The summed E-state index contributed by atoms with van der Waals surface area (Å²) in [6, 6.07) is 12.8. The summed E-state index contributed by atoms with van der Waals surface area (Å²) in [4.78, 5) is 5.34. The van der Waals surface area contributed by atoms with Crippen molar-refractivity contribution in [3.05, 3.63) is 54.4 Å². The van der Waals surface area contributed by atoms with Crippen molar-refractivity contribution in [3.63, 3.8) is 0 Å². The first-order valence-corrected chi connectivity index (χ1v) is 7.73. The van der Waals surface area contributed by atoms with Gasteiger partial charge in [-0.3, -0.25) is 0 Å². The Hall–Kier alpha value is -2.78. The molecule has 2 aromatic heterocycles. The SMILES string of the molecule is CSc1ccc(-n2ncc(-c3ccc(C#N)cc3)c2O)nc1. The molecule has 22 heavy (non-hydrogen) atoms. The molecule has 0 saturated carbocycles. The predicted octanol–water partition coefficient (Wildman–Crippen LogP) is 3.23. The molecule has 1 aromatic carbocycles. The molecule has 3 aromatic rings. The molecule has 0 fully saturated rings. The van der Waals surface area contributed by atoms with Gasteiger partial charge in [-0.2, -0.15) is 15.0 Å². The van der Waals surface area contributed by atoms with Crippen LogP contribution in [-0.4, -0.2) is 26.1 Å². The molecule has 0 amide bonds. The van der Waals surface area contributed by atoms with E-state index in [0.717, 1.165) is 10.5 Å². The Balaban J connectivity index is 1.98. The van der Waals surface area contributed by atoms with Crippen molar-refractivity contribution in [1.29, 1.82) is 5.26 Å². The van der Waals surface area contributed by atoms with Gasteiger partial charge >= 0.3 is 0 Å². The number of aromatic hydroxyl groups is 1. The molecule has 0 saturated heterocycles. The van der Waals surface area contributed by atoms with Gasteiger partial charge in [0.15, 0.2) is 5.82 Å². The maximum atomic E-state index is 10.4. The van der Waals surface area contributed by atoms with E-state index in [1.54, 1.807) is 54.5 Å². The number of benzene rings is 1. The van der Waals surface area contributed by atoms with Gasteiger partial charge in [0.1, 0.15) is 0 Å². The number of nitrogens with zero attached hydrogens (tertiary/aromatic N) is 4. The van der Waals surface area contributed by atoms with Crippen molar-refractivity contribution in [2.75, 3.05) is 6.26 Å². The zero-order chi connectivity index (χ0) is 15.5. The Morgan fingerprint density at radius 3 is 2.50 bits per heavy atom. The zero-order valence-electron chi connectivity index (χ0n) is 11.8. The summed E-state index contributed by atoms with van der Waals surface area (Å²) >= 11 is 1.60. The quantitative estimate of drug-likeness (QED) is 0.752. The summed E-state index contributed by atoms with van der Waals surface area (Å²) < 4.78 is 1.39. The molecular weight excluding hydrogens is 296 g/mol. The van der Waals surface area contributed by atoms with E-state index in [4.69, 9.17) is 5.26 Å². The molecule has 6 heteroatoms. The molecule has 0 aliphatic heterocycles. The predicted molar refractivity (Wildman–Crippen MR) is 85.0 cm³/mol. The van der Waals surface area contributed by atoms with E-state index in [-0.39, 0.29) is 5.88 Å². The van der Waals surface area contributed by atoms with Crippen molar-refractivity contribution in [2.45, 2.75) is 4.90 Å². The van der Waals surface area contributed by atoms with E-state index in [9.17, 15) is 5.11 Å². The average molecular weight is 308 g/mol. The standard InChI is InChI=1S/C16H12N4OS/c1-22-13-6-7-15(18-9-13)20-16(21)14(10-19-20)12-4-2-11(8-17)3-5-12/h2-7,9-10,21H,1H3.